The van der Waals surface area contributed by atoms with Gasteiger partial charge in [-0.1, -0.05) is 31.5 Å². The maximum Gasteiger partial charge on any atom is 0.241 e. The summed E-state index contributed by atoms with van der Waals surface area (Å²) < 4.78 is 26.7. The van der Waals surface area contributed by atoms with Crippen molar-refractivity contribution in [3.8, 4) is 0 Å². The van der Waals surface area contributed by atoms with Gasteiger partial charge in [-0.05, 0) is 31.4 Å². The highest BCUT2D eigenvalue weighted by atomic mass is 35.5. The Kier molecular flexibility index (Phi) is 7.44. The van der Waals surface area contributed by atoms with Gasteiger partial charge in [0.15, 0.2) is 0 Å². The van der Waals surface area contributed by atoms with E-state index in [9.17, 15) is 8.42 Å². The van der Waals surface area contributed by atoms with Gasteiger partial charge in [-0.3, -0.25) is 0 Å². The van der Waals surface area contributed by atoms with E-state index in [1.807, 2.05) is 13.8 Å². The maximum atomic E-state index is 12.2. The molecule has 0 fully saturated rings. The van der Waals surface area contributed by atoms with Crippen LogP contribution in [0.3, 0.4) is 0 Å². The van der Waals surface area contributed by atoms with E-state index in [0.29, 0.717) is 6.42 Å². The molecule has 0 saturated heterocycles. The molecule has 0 amide bonds. The van der Waals surface area contributed by atoms with Gasteiger partial charge in [-0.15, -0.1) is 23.2 Å². The average Bonchev–Trinajstić information content (AvgIpc) is 2.44. The monoisotopic (exact) mass is 352 g/mol. The van der Waals surface area contributed by atoms with Gasteiger partial charge >= 0.3 is 0 Å². The molecule has 1 aromatic rings. The van der Waals surface area contributed by atoms with E-state index in [1.54, 1.807) is 18.2 Å². The molecular formula is C14H22Cl2N2O2S. The lowest BCUT2D eigenvalue weighted by Gasteiger charge is -2.25. The van der Waals surface area contributed by atoms with Crippen molar-refractivity contribution in [2.24, 2.45) is 11.7 Å². The Bertz CT molecular complexity index is 523. The minimum Gasteiger partial charge on any atom is -0.314 e. The number of halogens is 2. The molecule has 4 unspecified atom stereocenters. The second kappa shape index (κ2) is 8.34. The van der Waals surface area contributed by atoms with Gasteiger partial charge in [0.05, 0.1) is 16.4 Å². The number of hydrogen-bond acceptors (Lipinski definition) is 3. The van der Waals surface area contributed by atoms with E-state index in [2.05, 4.69) is 4.72 Å². The van der Waals surface area contributed by atoms with Crippen LogP contribution in [-0.4, -0.2) is 25.3 Å². The number of rotatable bonds is 8. The van der Waals surface area contributed by atoms with Crippen molar-refractivity contribution in [2.75, 3.05) is 0 Å². The first-order valence-corrected chi connectivity index (χ1v) is 9.24. The minimum absolute atomic E-state index is 0.0332. The second-order valence-corrected chi connectivity index (χ2v) is 8.02. The zero-order chi connectivity index (χ0) is 16.0. The van der Waals surface area contributed by atoms with Gasteiger partial charge in [0, 0.05) is 5.38 Å². The Balaban J connectivity index is 2.70. The molecule has 0 aliphatic heterocycles. The molecule has 0 saturated carbocycles. The number of hydrogen-bond donors (Lipinski definition) is 2. The summed E-state index contributed by atoms with van der Waals surface area (Å²) in [7, 11) is -3.66. The van der Waals surface area contributed by atoms with Crippen LogP contribution in [0.1, 0.15) is 26.7 Å². The van der Waals surface area contributed by atoms with Gasteiger partial charge in [-0.25, -0.2) is 8.42 Å². The molecule has 3 N–H and O–H groups in total. The van der Waals surface area contributed by atoms with Crippen LogP contribution in [0.2, 0.25) is 0 Å². The van der Waals surface area contributed by atoms with Crippen LogP contribution in [0.15, 0.2) is 35.2 Å². The van der Waals surface area contributed by atoms with Gasteiger partial charge in [0.25, 0.3) is 0 Å². The summed E-state index contributed by atoms with van der Waals surface area (Å²) in [6.07, 6.45) is 0.564. The first-order valence-electron chi connectivity index (χ1n) is 6.89. The fourth-order valence-corrected chi connectivity index (χ4v) is 3.86. The normalized spacial score (nSPS) is 18.0. The third-order valence-electron chi connectivity index (χ3n) is 3.44. The van der Waals surface area contributed by atoms with Crippen LogP contribution in [0.4, 0.5) is 0 Å². The first kappa shape index (κ1) is 18.7. The lowest BCUT2D eigenvalue weighted by Crippen LogP contribution is -2.48. The molecule has 120 valence electrons. The quantitative estimate of drug-likeness (QED) is 0.558. The predicted molar refractivity (Wildman–Crippen MR) is 88.1 cm³/mol. The molecule has 0 radical (unpaired) electrons. The summed E-state index contributed by atoms with van der Waals surface area (Å²) in [5.74, 6) is 0.196. The molecule has 21 heavy (non-hydrogen) atoms. The highest BCUT2D eigenvalue weighted by Crippen LogP contribution is 2.23. The minimum atomic E-state index is -3.66. The molecule has 0 aliphatic carbocycles. The van der Waals surface area contributed by atoms with Crippen LogP contribution in [-0.2, 0) is 10.0 Å². The van der Waals surface area contributed by atoms with E-state index in [1.165, 1.54) is 12.1 Å². The summed E-state index contributed by atoms with van der Waals surface area (Å²) in [5, 5.41) is -0.552. The molecule has 7 heteroatoms. The summed E-state index contributed by atoms with van der Waals surface area (Å²) in [5.41, 5.74) is 5.88. The third kappa shape index (κ3) is 5.75. The standard InChI is InChI=1S/C14H22Cl2N2O2S/c1-3-11(10(2)15)9-13(16)14(17)18-21(19,20)12-7-5-4-6-8-12/h4-8,10-11,13-14,18H,3,9,17H2,1-2H3. The zero-order valence-corrected chi connectivity index (χ0v) is 14.5. The highest BCUT2D eigenvalue weighted by molar-refractivity contribution is 7.89. The molecule has 0 aliphatic rings. The Morgan fingerprint density at radius 2 is 1.81 bits per heavy atom. The van der Waals surface area contributed by atoms with Crippen LogP contribution < -0.4 is 10.5 Å². The van der Waals surface area contributed by atoms with Crippen molar-refractivity contribution in [3.63, 3.8) is 0 Å². The highest BCUT2D eigenvalue weighted by Gasteiger charge is 2.26. The van der Waals surface area contributed by atoms with E-state index >= 15 is 0 Å². The van der Waals surface area contributed by atoms with E-state index in [-0.39, 0.29) is 16.2 Å². The number of nitrogens with one attached hydrogen (secondary N) is 1. The third-order valence-corrected chi connectivity index (χ3v) is 5.72. The van der Waals surface area contributed by atoms with Crippen LogP contribution >= 0.6 is 23.2 Å². The predicted octanol–water partition coefficient (Wildman–Crippen LogP) is 2.90. The molecule has 4 nitrogen and oxygen atoms in total. The summed E-state index contributed by atoms with van der Waals surface area (Å²) in [6.45, 7) is 3.92. The molecule has 1 aromatic carbocycles. The first-order chi connectivity index (χ1) is 9.77. The molecule has 0 heterocycles. The molecule has 0 bridgehead atoms. The topological polar surface area (TPSA) is 72.2 Å². The Morgan fingerprint density at radius 1 is 1.24 bits per heavy atom. The van der Waals surface area contributed by atoms with Crippen molar-refractivity contribution in [2.45, 2.75) is 48.5 Å². The zero-order valence-electron chi connectivity index (χ0n) is 12.2. The molecule has 1 rings (SSSR count). The van der Waals surface area contributed by atoms with Crippen LogP contribution in [0.5, 0.6) is 0 Å². The SMILES string of the molecule is CCC(CC(Cl)C(N)NS(=O)(=O)c1ccccc1)C(C)Cl. The molecule has 4 atom stereocenters. The van der Waals surface area contributed by atoms with Gasteiger partial charge in [0.1, 0.15) is 0 Å². The van der Waals surface area contributed by atoms with Gasteiger partial charge in [0.2, 0.25) is 10.0 Å². The van der Waals surface area contributed by atoms with Crippen molar-refractivity contribution >= 4 is 33.2 Å². The van der Waals surface area contributed by atoms with Crippen molar-refractivity contribution in [1.29, 1.82) is 0 Å². The Morgan fingerprint density at radius 3 is 2.29 bits per heavy atom. The van der Waals surface area contributed by atoms with Crippen molar-refractivity contribution < 1.29 is 8.42 Å². The largest absolute Gasteiger partial charge is 0.314 e. The van der Waals surface area contributed by atoms with E-state index < -0.39 is 21.6 Å². The Hall–Kier alpha value is -0.330. The fraction of sp³-hybridized carbons (Fsp3) is 0.571. The number of benzene rings is 1. The average molecular weight is 353 g/mol. The fourth-order valence-electron chi connectivity index (χ4n) is 2.04. The van der Waals surface area contributed by atoms with Crippen molar-refractivity contribution in [1.82, 2.24) is 4.72 Å². The number of sulfonamides is 1. The molecule has 0 aromatic heterocycles. The molecule has 0 spiro atoms. The summed E-state index contributed by atoms with van der Waals surface area (Å²) >= 11 is 12.3. The number of alkyl halides is 2. The number of nitrogens with two attached hydrogens (primary N) is 1. The van der Waals surface area contributed by atoms with Gasteiger partial charge in [-0.2, -0.15) is 4.72 Å². The van der Waals surface area contributed by atoms with Crippen LogP contribution in [0.25, 0.3) is 0 Å². The van der Waals surface area contributed by atoms with Crippen LogP contribution in [0, 0.1) is 5.92 Å². The van der Waals surface area contributed by atoms with E-state index in [4.69, 9.17) is 28.9 Å². The second-order valence-electron chi connectivity index (χ2n) is 5.06. The lowest BCUT2D eigenvalue weighted by atomic mass is 9.96. The smallest absolute Gasteiger partial charge is 0.241 e. The van der Waals surface area contributed by atoms with Crippen molar-refractivity contribution in [3.05, 3.63) is 30.3 Å². The molecular weight excluding hydrogens is 331 g/mol. The lowest BCUT2D eigenvalue weighted by molar-refractivity contribution is 0.417. The summed E-state index contributed by atoms with van der Waals surface area (Å²) in [4.78, 5) is 0.169. The maximum absolute atomic E-state index is 12.2. The van der Waals surface area contributed by atoms with Gasteiger partial charge < -0.3 is 5.73 Å². The Labute approximate surface area is 137 Å². The van der Waals surface area contributed by atoms with E-state index in [0.717, 1.165) is 6.42 Å². The summed E-state index contributed by atoms with van der Waals surface area (Å²) in [6, 6.07) is 8.07.